The average molecular weight is 313 g/mol. The maximum Gasteiger partial charge on any atom is 0.270 e. The van der Waals surface area contributed by atoms with Crippen LogP contribution in [-0.2, 0) is 10.0 Å². The van der Waals surface area contributed by atoms with Crippen molar-refractivity contribution in [3.8, 4) is 0 Å². The maximum atomic E-state index is 12.8. The van der Waals surface area contributed by atoms with Crippen molar-refractivity contribution in [2.45, 2.75) is 37.1 Å². The molecular formula is C13H19N3O4S. The Hall–Kier alpha value is -1.67. The van der Waals surface area contributed by atoms with Gasteiger partial charge < -0.3 is 5.32 Å². The first-order valence-corrected chi connectivity index (χ1v) is 8.33. The van der Waals surface area contributed by atoms with Crippen LogP contribution in [0.5, 0.6) is 0 Å². The Morgan fingerprint density at radius 2 is 2.19 bits per heavy atom. The Labute approximate surface area is 124 Å². The van der Waals surface area contributed by atoms with Crippen LogP contribution in [0.3, 0.4) is 0 Å². The van der Waals surface area contributed by atoms with Crippen LogP contribution in [0.1, 0.15) is 26.2 Å². The molecule has 0 aliphatic carbocycles. The minimum absolute atomic E-state index is 0.0282. The van der Waals surface area contributed by atoms with Crippen molar-refractivity contribution in [2.75, 3.05) is 18.9 Å². The molecule has 1 heterocycles. The van der Waals surface area contributed by atoms with Gasteiger partial charge >= 0.3 is 0 Å². The van der Waals surface area contributed by atoms with Gasteiger partial charge in [-0.1, -0.05) is 6.92 Å². The van der Waals surface area contributed by atoms with Crippen molar-refractivity contribution in [3.05, 3.63) is 28.3 Å². The first-order chi connectivity index (χ1) is 9.91. The molecule has 1 aromatic carbocycles. The fraction of sp³-hybridized carbons (Fsp3) is 0.538. The Kier molecular flexibility index (Phi) is 4.48. The van der Waals surface area contributed by atoms with Crippen LogP contribution in [0.2, 0.25) is 0 Å². The number of nitrogens with zero attached hydrogens (tertiary/aromatic N) is 2. The number of benzene rings is 1. The number of hydrogen-bond donors (Lipinski definition) is 1. The molecule has 116 valence electrons. The predicted octanol–water partition coefficient (Wildman–Crippen LogP) is 2.20. The van der Waals surface area contributed by atoms with Crippen LogP contribution in [0.4, 0.5) is 11.4 Å². The quantitative estimate of drug-likeness (QED) is 0.664. The van der Waals surface area contributed by atoms with Crippen molar-refractivity contribution in [1.29, 1.82) is 0 Å². The van der Waals surface area contributed by atoms with E-state index in [1.165, 1.54) is 16.4 Å². The molecule has 1 aliphatic heterocycles. The zero-order valence-electron chi connectivity index (χ0n) is 12.1. The summed E-state index contributed by atoms with van der Waals surface area (Å²) in [6.07, 6.45) is 2.39. The number of sulfonamides is 1. The van der Waals surface area contributed by atoms with E-state index in [-0.39, 0.29) is 16.6 Å². The van der Waals surface area contributed by atoms with E-state index >= 15 is 0 Å². The summed E-state index contributed by atoms with van der Waals surface area (Å²) in [5.74, 6) is 0. The zero-order valence-corrected chi connectivity index (χ0v) is 12.9. The second-order valence-electron chi connectivity index (χ2n) is 5.01. The molecule has 0 aromatic heterocycles. The topological polar surface area (TPSA) is 92.5 Å². The summed E-state index contributed by atoms with van der Waals surface area (Å²) in [5.41, 5.74) is 0.155. The van der Waals surface area contributed by atoms with Crippen LogP contribution in [0.15, 0.2) is 23.1 Å². The number of nitro groups is 1. The molecule has 0 saturated carbocycles. The average Bonchev–Trinajstić information content (AvgIpc) is 2.95. The van der Waals surface area contributed by atoms with E-state index in [9.17, 15) is 18.5 Å². The molecule has 1 saturated heterocycles. The van der Waals surface area contributed by atoms with Crippen molar-refractivity contribution < 1.29 is 13.3 Å². The monoisotopic (exact) mass is 313 g/mol. The van der Waals surface area contributed by atoms with E-state index in [4.69, 9.17) is 0 Å². The molecule has 1 unspecified atom stereocenters. The maximum absolute atomic E-state index is 12.8. The second-order valence-corrected chi connectivity index (χ2v) is 6.87. The number of hydrogen-bond acceptors (Lipinski definition) is 5. The van der Waals surface area contributed by atoms with E-state index in [2.05, 4.69) is 5.32 Å². The molecule has 1 aromatic rings. The molecule has 1 N–H and O–H groups in total. The molecule has 8 heteroatoms. The highest BCUT2D eigenvalue weighted by Crippen LogP contribution is 2.33. The zero-order chi connectivity index (χ0) is 15.6. The Balaban J connectivity index is 2.52. The second kappa shape index (κ2) is 5.98. The molecule has 1 fully saturated rings. The fourth-order valence-corrected chi connectivity index (χ4v) is 4.69. The summed E-state index contributed by atoms with van der Waals surface area (Å²) < 4.78 is 27.1. The van der Waals surface area contributed by atoms with Gasteiger partial charge in [-0.05, 0) is 25.3 Å². The van der Waals surface area contributed by atoms with E-state index in [0.29, 0.717) is 12.2 Å². The van der Waals surface area contributed by atoms with Gasteiger partial charge in [-0.2, -0.15) is 4.31 Å². The highest BCUT2D eigenvalue weighted by molar-refractivity contribution is 7.89. The van der Waals surface area contributed by atoms with Crippen LogP contribution in [-0.4, -0.2) is 37.3 Å². The SMILES string of the molecule is CCC1CCCN1S(=O)(=O)c1cc([N+](=O)[O-])ccc1NC. The lowest BCUT2D eigenvalue weighted by molar-refractivity contribution is -0.385. The van der Waals surface area contributed by atoms with Gasteiger partial charge in [0.05, 0.1) is 10.6 Å². The minimum Gasteiger partial charge on any atom is -0.387 e. The van der Waals surface area contributed by atoms with Crippen LogP contribution in [0, 0.1) is 10.1 Å². The van der Waals surface area contributed by atoms with E-state index < -0.39 is 14.9 Å². The molecule has 0 spiro atoms. The van der Waals surface area contributed by atoms with Crippen molar-refractivity contribution >= 4 is 21.4 Å². The summed E-state index contributed by atoms with van der Waals surface area (Å²) >= 11 is 0. The van der Waals surface area contributed by atoms with Gasteiger partial charge in [-0.25, -0.2) is 8.42 Å². The molecule has 1 atom stereocenters. The molecule has 1 aliphatic rings. The summed E-state index contributed by atoms with van der Waals surface area (Å²) in [6, 6.07) is 3.83. The normalized spacial score (nSPS) is 19.6. The van der Waals surface area contributed by atoms with Gasteiger partial charge in [0.15, 0.2) is 0 Å². The van der Waals surface area contributed by atoms with Gasteiger partial charge in [-0.3, -0.25) is 10.1 Å². The first-order valence-electron chi connectivity index (χ1n) is 6.89. The van der Waals surface area contributed by atoms with Gasteiger partial charge in [-0.15, -0.1) is 0 Å². The van der Waals surface area contributed by atoms with Crippen LogP contribution >= 0.6 is 0 Å². The van der Waals surface area contributed by atoms with Gasteiger partial charge in [0.2, 0.25) is 10.0 Å². The van der Waals surface area contributed by atoms with E-state index in [1.807, 2.05) is 6.92 Å². The number of non-ortho nitro benzene ring substituents is 1. The third-order valence-corrected chi connectivity index (χ3v) is 5.82. The molecule has 0 amide bonds. The molecular weight excluding hydrogens is 294 g/mol. The third-order valence-electron chi connectivity index (χ3n) is 3.83. The van der Waals surface area contributed by atoms with E-state index in [1.54, 1.807) is 7.05 Å². The largest absolute Gasteiger partial charge is 0.387 e. The minimum atomic E-state index is -3.73. The number of nitrogens with one attached hydrogen (secondary N) is 1. The molecule has 0 bridgehead atoms. The molecule has 21 heavy (non-hydrogen) atoms. The lowest BCUT2D eigenvalue weighted by atomic mass is 10.2. The first kappa shape index (κ1) is 15.7. The Morgan fingerprint density at radius 1 is 1.48 bits per heavy atom. The standard InChI is InChI=1S/C13H19N3O4S/c1-3-10-5-4-8-15(10)21(19,20)13-9-11(16(17)18)6-7-12(13)14-2/h6-7,9-10,14H,3-5,8H2,1-2H3. The molecule has 2 rings (SSSR count). The molecule has 0 radical (unpaired) electrons. The lowest BCUT2D eigenvalue weighted by Crippen LogP contribution is -2.35. The van der Waals surface area contributed by atoms with Crippen molar-refractivity contribution in [1.82, 2.24) is 4.31 Å². The van der Waals surface area contributed by atoms with Crippen molar-refractivity contribution in [2.24, 2.45) is 0 Å². The highest BCUT2D eigenvalue weighted by Gasteiger charge is 2.36. The third kappa shape index (κ3) is 2.86. The smallest absolute Gasteiger partial charge is 0.270 e. The lowest BCUT2D eigenvalue weighted by Gasteiger charge is -2.24. The predicted molar refractivity (Wildman–Crippen MR) is 79.8 cm³/mol. The molecule has 7 nitrogen and oxygen atoms in total. The fourth-order valence-electron chi connectivity index (χ4n) is 2.70. The van der Waals surface area contributed by atoms with Gasteiger partial charge in [0.25, 0.3) is 5.69 Å². The van der Waals surface area contributed by atoms with Gasteiger partial charge in [0.1, 0.15) is 4.90 Å². The summed E-state index contributed by atoms with van der Waals surface area (Å²) in [7, 11) is -2.13. The van der Waals surface area contributed by atoms with Crippen LogP contribution in [0.25, 0.3) is 0 Å². The summed E-state index contributed by atoms with van der Waals surface area (Å²) in [6.45, 7) is 2.41. The van der Waals surface area contributed by atoms with E-state index in [0.717, 1.165) is 25.3 Å². The highest BCUT2D eigenvalue weighted by atomic mass is 32.2. The number of nitro benzene ring substituents is 1. The number of anilines is 1. The number of rotatable bonds is 5. The Morgan fingerprint density at radius 3 is 2.76 bits per heavy atom. The van der Waals surface area contributed by atoms with Crippen LogP contribution < -0.4 is 5.32 Å². The Bertz CT molecular complexity index is 645. The van der Waals surface area contributed by atoms with Crippen molar-refractivity contribution in [3.63, 3.8) is 0 Å². The summed E-state index contributed by atoms with van der Waals surface area (Å²) in [4.78, 5) is 10.3. The van der Waals surface area contributed by atoms with Gasteiger partial charge in [0, 0.05) is 31.8 Å². The summed E-state index contributed by atoms with van der Waals surface area (Å²) in [5, 5.41) is 13.7.